The molecule has 0 bridgehead atoms. The molecule has 2 heterocycles. The second-order valence-electron chi connectivity index (χ2n) is 6.03. The maximum absolute atomic E-state index is 14.3. The van der Waals surface area contributed by atoms with Gasteiger partial charge in [-0.3, -0.25) is 9.59 Å². The summed E-state index contributed by atoms with van der Waals surface area (Å²) in [6.45, 7) is 0.370. The Morgan fingerprint density at radius 3 is 2.71 bits per heavy atom. The number of hydrogen-bond acceptors (Lipinski definition) is 3. The lowest BCUT2D eigenvalue weighted by Crippen LogP contribution is -2.37. The van der Waals surface area contributed by atoms with E-state index in [0.717, 1.165) is 0 Å². The molecule has 1 N–H and O–H groups in total. The van der Waals surface area contributed by atoms with Crippen LogP contribution in [0.2, 0.25) is 0 Å². The Bertz CT molecular complexity index is 773. The van der Waals surface area contributed by atoms with E-state index >= 15 is 0 Å². The van der Waals surface area contributed by atoms with Crippen LogP contribution in [-0.2, 0) is 16.6 Å². The molecule has 0 unspecified atom stereocenters. The molecule has 3 rings (SSSR count). The van der Waals surface area contributed by atoms with E-state index in [1.165, 1.54) is 11.0 Å². The van der Waals surface area contributed by atoms with Crippen LogP contribution in [0.5, 0.6) is 0 Å². The van der Waals surface area contributed by atoms with Crippen molar-refractivity contribution < 1.29 is 14.0 Å². The number of hydrogen-bond donors (Lipinski definition) is 1. The molecule has 7 heteroatoms. The molecule has 0 saturated carbocycles. The summed E-state index contributed by atoms with van der Waals surface area (Å²) in [6.07, 6.45) is 3.51. The van der Waals surface area contributed by atoms with Gasteiger partial charge in [0.2, 0.25) is 11.8 Å². The van der Waals surface area contributed by atoms with Crippen molar-refractivity contribution in [3.63, 3.8) is 0 Å². The van der Waals surface area contributed by atoms with Crippen LogP contribution in [0, 0.1) is 11.7 Å². The molecule has 2 atom stereocenters. The molecule has 2 amide bonds. The van der Waals surface area contributed by atoms with E-state index in [4.69, 9.17) is 0 Å². The average Bonchev–Trinajstić information content (AvgIpc) is 3.12. The Morgan fingerprint density at radius 1 is 1.38 bits per heavy atom. The standard InChI is InChI=1S/C17H19FN4O2/c1-21-8-7-19-16(21)15(12-5-3-4-6-13(12)18)20-17(24)11-9-14(23)22(2)10-11/h3-8,11,15H,9-10H2,1-2H3,(H,20,24)/t11-,15-/m1/s1. The van der Waals surface area contributed by atoms with Crippen molar-refractivity contribution in [1.82, 2.24) is 19.8 Å². The molecule has 0 radical (unpaired) electrons. The molecule has 1 fully saturated rings. The van der Waals surface area contributed by atoms with Crippen molar-refractivity contribution in [2.75, 3.05) is 13.6 Å². The van der Waals surface area contributed by atoms with Crippen molar-refractivity contribution in [2.45, 2.75) is 12.5 Å². The summed E-state index contributed by atoms with van der Waals surface area (Å²) < 4.78 is 16.0. The molecule has 1 aliphatic heterocycles. The van der Waals surface area contributed by atoms with Crippen LogP contribution in [-0.4, -0.2) is 39.9 Å². The van der Waals surface area contributed by atoms with Gasteiger partial charge in [-0.1, -0.05) is 18.2 Å². The van der Waals surface area contributed by atoms with Crippen LogP contribution in [0.4, 0.5) is 4.39 Å². The number of amides is 2. The van der Waals surface area contributed by atoms with Crippen molar-refractivity contribution in [2.24, 2.45) is 13.0 Å². The summed E-state index contributed by atoms with van der Waals surface area (Å²) in [7, 11) is 3.46. The minimum Gasteiger partial charge on any atom is -0.345 e. The summed E-state index contributed by atoms with van der Waals surface area (Å²) >= 11 is 0. The lowest BCUT2D eigenvalue weighted by Gasteiger charge is -2.21. The highest BCUT2D eigenvalue weighted by Crippen LogP contribution is 2.25. The molecule has 0 aliphatic carbocycles. The third-order valence-electron chi connectivity index (χ3n) is 4.33. The summed E-state index contributed by atoms with van der Waals surface area (Å²) in [5, 5.41) is 2.86. The van der Waals surface area contributed by atoms with Crippen LogP contribution in [0.15, 0.2) is 36.7 Å². The molecule has 24 heavy (non-hydrogen) atoms. The van der Waals surface area contributed by atoms with Crippen LogP contribution in [0.1, 0.15) is 23.9 Å². The molecule has 126 valence electrons. The predicted octanol–water partition coefficient (Wildman–Crippen LogP) is 1.24. The third-order valence-corrected chi connectivity index (χ3v) is 4.33. The van der Waals surface area contributed by atoms with Crippen molar-refractivity contribution in [1.29, 1.82) is 0 Å². The maximum atomic E-state index is 14.3. The van der Waals surface area contributed by atoms with Gasteiger partial charge in [0.15, 0.2) is 0 Å². The van der Waals surface area contributed by atoms with Gasteiger partial charge >= 0.3 is 0 Å². The Labute approximate surface area is 139 Å². The number of benzene rings is 1. The van der Waals surface area contributed by atoms with Crippen LogP contribution >= 0.6 is 0 Å². The highest BCUT2D eigenvalue weighted by atomic mass is 19.1. The zero-order chi connectivity index (χ0) is 17.3. The molecule has 0 spiro atoms. The molecule has 1 aromatic heterocycles. The zero-order valence-corrected chi connectivity index (χ0v) is 13.6. The molecule has 2 aromatic rings. The molecule has 1 aliphatic rings. The fourth-order valence-corrected chi connectivity index (χ4v) is 2.95. The van der Waals surface area contributed by atoms with E-state index in [1.54, 1.807) is 49.3 Å². The number of aryl methyl sites for hydroxylation is 1. The van der Waals surface area contributed by atoms with Crippen LogP contribution in [0.3, 0.4) is 0 Å². The smallest absolute Gasteiger partial charge is 0.226 e. The van der Waals surface area contributed by atoms with Crippen molar-refractivity contribution in [3.8, 4) is 0 Å². The Kier molecular flexibility index (Phi) is 4.33. The van der Waals surface area contributed by atoms with Gasteiger partial charge in [0.1, 0.15) is 17.7 Å². The number of rotatable bonds is 4. The van der Waals surface area contributed by atoms with E-state index in [0.29, 0.717) is 17.9 Å². The topological polar surface area (TPSA) is 67.2 Å². The second-order valence-corrected chi connectivity index (χ2v) is 6.03. The number of imidazole rings is 1. The first kappa shape index (κ1) is 16.2. The quantitative estimate of drug-likeness (QED) is 0.917. The number of carbonyl (C=O) groups excluding carboxylic acids is 2. The number of aromatic nitrogens is 2. The Hall–Kier alpha value is -2.70. The third kappa shape index (κ3) is 3.02. The minimum atomic E-state index is -0.709. The first-order valence-electron chi connectivity index (χ1n) is 7.73. The zero-order valence-electron chi connectivity index (χ0n) is 13.6. The number of likely N-dealkylation sites (tertiary alicyclic amines) is 1. The second kappa shape index (κ2) is 6.43. The van der Waals surface area contributed by atoms with Gasteiger partial charge in [0, 0.05) is 45.0 Å². The van der Waals surface area contributed by atoms with E-state index in [1.807, 2.05) is 0 Å². The van der Waals surface area contributed by atoms with E-state index in [9.17, 15) is 14.0 Å². The van der Waals surface area contributed by atoms with E-state index < -0.39 is 17.8 Å². The maximum Gasteiger partial charge on any atom is 0.226 e. The van der Waals surface area contributed by atoms with E-state index in [-0.39, 0.29) is 18.2 Å². The molecule has 6 nitrogen and oxygen atoms in total. The molecular formula is C17H19FN4O2. The van der Waals surface area contributed by atoms with Gasteiger partial charge < -0.3 is 14.8 Å². The fraction of sp³-hybridized carbons (Fsp3) is 0.353. The van der Waals surface area contributed by atoms with Crippen molar-refractivity contribution in [3.05, 3.63) is 53.9 Å². The van der Waals surface area contributed by atoms with Gasteiger partial charge in [0.05, 0.1) is 5.92 Å². The largest absolute Gasteiger partial charge is 0.345 e. The van der Waals surface area contributed by atoms with Crippen molar-refractivity contribution >= 4 is 11.8 Å². The number of nitrogens with zero attached hydrogens (tertiary/aromatic N) is 3. The number of carbonyl (C=O) groups is 2. The van der Waals surface area contributed by atoms with Gasteiger partial charge in [-0.05, 0) is 6.07 Å². The van der Waals surface area contributed by atoms with Crippen LogP contribution in [0.25, 0.3) is 0 Å². The normalized spacial score (nSPS) is 18.7. The predicted molar refractivity (Wildman–Crippen MR) is 85.3 cm³/mol. The lowest BCUT2D eigenvalue weighted by molar-refractivity contribution is -0.128. The average molecular weight is 330 g/mol. The minimum absolute atomic E-state index is 0.0606. The number of nitrogens with one attached hydrogen (secondary N) is 1. The summed E-state index contributed by atoms with van der Waals surface area (Å²) in [5.41, 5.74) is 0.345. The summed E-state index contributed by atoms with van der Waals surface area (Å²) in [4.78, 5) is 30.0. The van der Waals surface area contributed by atoms with Gasteiger partial charge in [-0.25, -0.2) is 9.37 Å². The summed E-state index contributed by atoms with van der Waals surface area (Å²) in [5.74, 6) is -0.646. The monoisotopic (exact) mass is 330 g/mol. The number of halogens is 1. The van der Waals surface area contributed by atoms with E-state index in [2.05, 4.69) is 10.3 Å². The lowest BCUT2D eigenvalue weighted by atomic mass is 10.0. The van der Waals surface area contributed by atoms with Gasteiger partial charge in [0.25, 0.3) is 0 Å². The van der Waals surface area contributed by atoms with Gasteiger partial charge in [-0.2, -0.15) is 0 Å². The summed E-state index contributed by atoms with van der Waals surface area (Å²) in [6, 6.07) is 5.58. The SMILES string of the molecule is CN1C[C@H](C(=O)N[C@H](c2ccccc2F)c2nccn2C)CC1=O. The Morgan fingerprint density at radius 2 is 2.12 bits per heavy atom. The molecular weight excluding hydrogens is 311 g/mol. The van der Waals surface area contributed by atoms with Gasteiger partial charge in [-0.15, -0.1) is 0 Å². The fourth-order valence-electron chi connectivity index (χ4n) is 2.95. The van der Waals surface area contributed by atoms with Crippen LogP contribution < -0.4 is 5.32 Å². The highest BCUT2D eigenvalue weighted by molar-refractivity contribution is 5.89. The molecule has 1 aromatic carbocycles. The Balaban J connectivity index is 1.89. The highest BCUT2D eigenvalue weighted by Gasteiger charge is 2.34. The first-order valence-corrected chi connectivity index (χ1v) is 7.73. The molecule has 1 saturated heterocycles. The first-order chi connectivity index (χ1) is 11.5.